The van der Waals surface area contributed by atoms with Crippen LogP contribution in [0.25, 0.3) is 0 Å². The highest BCUT2D eigenvalue weighted by Crippen LogP contribution is 2.22. The molecule has 1 N–H and O–H groups in total. The van der Waals surface area contributed by atoms with Crippen LogP contribution in [0.3, 0.4) is 0 Å². The van der Waals surface area contributed by atoms with Crippen molar-refractivity contribution in [3.8, 4) is 0 Å². The fourth-order valence-corrected chi connectivity index (χ4v) is 3.59. The average Bonchev–Trinajstić information content (AvgIpc) is 2.69. The fraction of sp³-hybridized carbons (Fsp3) is 0.308. The molecule has 1 heterocycles. The molecule has 20 heavy (non-hydrogen) atoms. The first-order chi connectivity index (χ1) is 9.31. The van der Waals surface area contributed by atoms with Crippen LogP contribution in [-0.4, -0.2) is 18.0 Å². The van der Waals surface area contributed by atoms with Crippen LogP contribution in [0, 0.1) is 13.8 Å². The number of anilines is 1. The van der Waals surface area contributed by atoms with Crippen LogP contribution in [0.5, 0.6) is 0 Å². The Balaban J connectivity index is 2.35. The van der Waals surface area contributed by atoms with Gasteiger partial charge in [-0.3, -0.25) is 4.72 Å². The number of hydrogen-bond acceptors (Lipinski definition) is 3. The van der Waals surface area contributed by atoms with Crippen molar-refractivity contribution in [2.45, 2.75) is 32.3 Å². The molecular weight excluding hydrogens is 342 g/mol. The lowest BCUT2D eigenvalue weighted by Crippen LogP contribution is -2.13. The minimum atomic E-state index is -3.66. The number of benzene rings is 1. The third-order valence-electron chi connectivity index (χ3n) is 2.86. The number of aryl methyl sites for hydroxylation is 3. The first-order valence-corrected chi connectivity index (χ1v) is 8.43. The molecule has 0 bridgehead atoms. The van der Waals surface area contributed by atoms with Crippen LogP contribution in [0.4, 0.5) is 5.69 Å². The Morgan fingerprint density at radius 3 is 2.55 bits per heavy atom. The van der Waals surface area contributed by atoms with Crippen LogP contribution in [0.2, 0.25) is 0 Å². The molecular formula is C13H16BrN3O2S. The summed E-state index contributed by atoms with van der Waals surface area (Å²) in [5.74, 6) is 0.679. The first-order valence-electron chi connectivity index (χ1n) is 6.15. The molecule has 7 heteroatoms. The lowest BCUT2D eigenvalue weighted by molar-refractivity contribution is 0.598. The molecule has 0 fully saturated rings. The molecule has 0 atom stereocenters. The number of nitrogens with zero attached hydrogens (tertiary/aromatic N) is 2. The lowest BCUT2D eigenvalue weighted by atomic mass is 10.2. The van der Waals surface area contributed by atoms with E-state index in [0.717, 1.165) is 10.0 Å². The second kappa shape index (κ2) is 5.57. The summed E-state index contributed by atoms with van der Waals surface area (Å²) in [4.78, 5) is 4.09. The molecule has 0 unspecified atom stereocenters. The topological polar surface area (TPSA) is 64.0 Å². The third kappa shape index (κ3) is 3.21. The van der Waals surface area contributed by atoms with Gasteiger partial charge in [-0.15, -0.1) is 0 Å². The molecule has 108 valence electrons. The number of hydrogen-bond donors (Lipinski definition) is 1. The zero-order valence-electron chi connectivity index (χ0n) is 11.5. The van der Waals surface area contributed by atoms with Gasteiger partial charge in [0.25, 0.3) is 10.0 Å². The minimum Gasteiger partial charge on any atom is -0.334 e. The van der Waals surface area contributed by atoms with Crippen molar-refractivity contribution < 1.29 is 8.42 Å². The van der Waals surface area contributed by atoms with E-state index in [-0.39, 0.29) is 5.03 Å². The van der Waals surface area contributed by atoms with Crippen LogP contribution in [-0.2, 0) is 16.6 Å². The number of rotatable bonds is 4. The van der Waals surface area contributed by atoms with E-state index in [1.807, 2.05) is 19.9 Å². The second-order valence-electron chi connectivity index (χ2n) is 4.54. The van der Waals surface area contributed by atoms with Crippen LogP contribution >= 0.6 is 15.9 Å². The summed E-state index contributed by atoms with van der Waals surface area (Å²) in [6, 6.07) is 5.40. The molecule has 2 aromatic rings. The van der Waals surface area contributed by atoms with Crippen molar-refractivity contribution in [1.82, 2.24) is 9.55 Å². The van der Waals surface area contributed by atoms with Gasteiger partial charge < -0.3 is 4.57 Å². The van der Waals surface area contributed by atoms with E-state index in [0.29, 0.717) is 18.1 Å². The van der Waals surface area contributed by atoms with Gasteiger partial charge in [-0.05, 0) is 44.5 Å². The van der Waals surface area contributed by atoms with Crippen LogP contribution < -0.4 is 4.72 Å². The van der Waals surface area contributed by atoms with E-state index in [1.165, 1.54) is 0 Å². The van der Waals surface area contributed by atoms with Crippen LogP contribution in [0.1, 0.15) is 18.3 Å². The van der Waals surface area contributed by atoms with E-state index in [9.17, 15) is 8.42 Å². The predicted octanol–water partition coefficient (Wildman–Crippen LogP) is 3.08. The van der Waals surface area contributed by atoms with Gasteiger partial charge in [-0.1, -0.05) is 15.9 Å². The van der Waals surface area contributed by atoms with Crippen molar-refractivity contribution in [2.75, 3.05) is 4.72 Å². The molecule has 1 aromatic heterocycles. The summed E-state index contributed by atoms with van der Waals surface area (Å²) >= 11 is 3.35. The Morgan fingerprint density at radius 2 is 2.00 bits per heavy atom. The van der Waals surface area contributed by atoms with Crippen LogP contribution in [0.15, 0.2) is 33.9 Å². The molecule has 0 saturated carbocycles. The molecule has 0 spiro atoms. The number of imidazole rings is 1. The summed E-state index contributed by atoms with van der Waals surface area (Å²) in [6.07, 6.45) is 1.54. The number of nitrogens with one attached hydrogen (secondary N) is 1. The van der Waals surface area contributed by atoms with Crippen molar-refractivity contribution in [3.63, 3.8) is 0 Å². The molecule has 0 aliphatic rings. The zero-order chi connectivity index (χ0) is 14.9. The first kappa shape index (κ1) is 15.1. The second-order valence-corrected chi connectivity index (χ2v) is 7.08. The largest absolute Gasteiger partial charge is 0.334 e. The van der Waals surface area contributed by atoms with Crippen molar-refractivity contribution in [2.24, 2.45) is 0 Å². The molecule has 0 radical (unpaired) electrons. The highest BCUT2D eigenvalue weighted by atomic mass is 79.9. The summed E-state index contributed by atoms with van der Waals surface area (Å²) in [5.41, 5.74) is 1.48. The molecule has 0 saturated heterocycles. The Bertz CT molecular complexity index is 718. The van der Waals surface area contributed by atoms with Gasteiger partial charge in [0.2, 0.25) is 0 Å². The molecule has 0 aliphatic carbocycles. The monoisotopic (exact) mass is 357 g/mol. The maximum absolute atomic E-state index is 12.3. The number of aromatic nitrogens is 2. The maximum Gasteiger partial charge on any atom is 0.280 e. The highest BCUT2D eigenvalue weighted by Gasteiger charge is 2.19. The molecule has 0 amide bonds. The van der Waals surface area contributed by atoms with Gasteiger partial charge in [-0.2, -0.15) is 8.42 Å². The van der Waals surface area contributed by atoms with Gasteiger partial charge in [0.1, 0.15) is 5.82 Å². The Kier molecular flexibility index (Phi) is 4.19. The molecule has 1 aromatic carbocycles. The highest BCUT2D eigenvalue weighted by molar-refractivity contribution is 9.10. The maximum atomic E-state index is 12.3. The predicted molar refractivity (Wildman–Crippen MR) is 82.3 cm³/mol. The number of sulfonamides is 1. The fourth-order valence-electron chi connectivity index (χ4n) is 1.93. The smallest absolute Gasteiger partial charge is 0.280 e. The van der Waals surface area contributed by atoms with E-state index >= 15 is 0 Å². The van der Waals surface area contributed by atoms with Gasteiger partial charge in [0, 0.05) is 17.2 Å². The van der Waals surface area contributed by atoms with Gasteiger partial charge in [-0.25, -0.2) is 4.98 Å². The molecule has 5 nitrogen and oxygen atoms in total. The summed E-state index contributed by atoms with van der Waals surface area (Å²) in [6.45, 7) is 6.31. The average molecular weight is 358 g/mol. The van der Waals surface area contributed by atoms with Gasteiger partial charge >= 0.3 is 0 Å². The van der Waals surface area contributed by atoms with E-state index < -0.39 is 10.0 Å². The van der Waals surface area contributed by atoms with E-state index in [2.05, 4.69) is 25.6 Å². The summed E-state index contributed by atoms with van der Waals surface area (Å²) < 4.78 is 29.8. The zero-order valence-corrected chi connectivity index (χ0v) is 13.9. The Hall–Kier alpha value is -1.34. The van der Waals surface area contributed by atoms with Gasteiger partial charge in [0.15, 0.2) is 5.03 Å². The minimum absolute atomic E-state index is 0.0366. The van der Waals surface area contributed by atoms with Crippen molar-refractivity contribution >= 4 is 31.6 Å². The lowest BCUT2D eigenvalue weighted by Gasteiger charge is -2.07. The Morgan fingerprint density at radius 1 is 1.30 bits per heavy atom. The normalized spacial score (nSPS) is 11.6. The van der Waals surface area contributed by atoms with Crippen molar-refractivity contribution in [1.29, 1.82) is 0 Å². The SMILES string of the molecule is CCn1cc(S(=O)(=O)Nc2cc(C)cc(Br)c2)nc1C. The van der Waals surface area contributed by atoms with E-state index in [1.54, 1.807) is 29.8 Å². The van der Waals surface area contributed by atoms with Crippen molar-refractivity contribution in [3.05, 3.63) is 40.3 Å². The molecule has 0 aliphatic heterocycles. The summed E-state index contributed by atoms with van der Waals surface area (Å²) in [5, 5.41) is 0.0366. The van der Waals surface area contributed by atoms with E-state index in [4.69, 9.17) is 0 Å². The third-order valence-corrected chi connectivity index (χ3v) is 4.57. The summed E-state index contributed by atoms with van der Waals surface area (Å²) in [7, 11) is -3.66. The number of halogens is 1. The molecule has 2 rings (SSSR count). The Labute approximate surface area is 127 Å². The quantitative estimate of drug-likeness (QED) is 0.914. The van der Waals surface area contributed by atoms with Gasteiger partial charge in [0.05, 0.1) is 5.69 Å². The standard InChI is InChI=1S/C13H16BrN3O2S/c1-4-17-8-13(15-10(17)3)20(18,19)16-12-6-9(2)5-11(14)7-12/h5-8,16H,4H2,1-3H3.